The van der Waals surface area contributed by atoms with E-state index in [4.69, 9.17) is 14.6 Å². The number of hydrogen-bond donors (Lipinski definition) is 2. The largest absolute Gasteiger partial charge is 0.481 e. The van der Waals surface area contributed by atoms with Gasteiger partial charge in [0.2, 0.25) is 11.7 Å². The molecule has 2 heterocycles. The van der Waals surface area contributed by atoms with Gasteiger partial charge in [-0.15, -0.1) is 11.3 Å². The van der Waals surface area contributed by atoms with E-state index < -0.39 is 5.97 Å². The van der Waals surface area contributed by atoms with E-state index in [0.29, 0.717) is 24.6 Å². The Kier molecular flexibility index (Phi) is 9.78. The predicted molar refractivity (Wildman–Crippen MR) is 142 cm³/mol. The molecule has 0 spiro atoms. The number of carbonyl (C=O) groups is 2. The highest BCUT2D eigenvalue weighted by atomic mass is 32.1. The molecule has 0 aliphatic rings. The smallest absolute Gasteiger partial charge is 0.305 e. The summed E-state index contributed by atoms with van der Waals surface area (Å²) in [7, 11) is 2.14. The Hall–Kier alpha value is -3.04. The second kappa shape index (κ2) is 12.8. The molecule has 2 aromatic heterocycles. The highest BCUT2D eigenvalue weighted by molar-refractivity contribution is 7.15. The Morgan fingerprint density at radius 1 is 1.14 bits per heavy atom. The molecule has 0 bridgehead atoms. The first kappa shape index (κ1) is 27.5. The minimum atomic E-state index is -0.922. The van der Waals surface area contributed by atoms with Crippen LogP contribution >= 0.6 is 11.3 Å². The third kappa shape index (κ3) is 7.24. The number of aliphatic carboxylic acids is 1. The summed E-state index contributed by atoms with van der Waals surface area (Å²) < 4.78 is 5.64. The molecule has 0 aliphatic heterocycles. The van der Waals surface area contributed by atoms with Gasteiger partial charge in [0, 0.05) is 30.0 Å². The topological polar surface area (TPSA) is 109 Å². The molecule has 0 unspecified atom stereocenters. The summed E-state index contributed by atoms with van der Waals surface area (Å²) in [5.74, 6) is 0.0155. The van der Waals surface area contributed by atoms with Crippen LogP contribution in [-0.4, -0.2) is 52.2 Å². The van der Waals surface area contributed by atoms with Crippen molar-refractivity contribution < 1.29 is 19.2 Å². The maximum Gasteiger partial charge on any atom is 0.305 e. The van der Waals surface area contributed by atoms with Crippen LogP contribution in [0.15, 0.2) is 22.7 Å². The third-order valence-electron chi connectivity index (χ3n) is 6.14. The van der Waals surface area contributed by atoms with Crippen LogP contribution in [0.5, 0.6) is 0 Å². The van der Waals surface area contributed by atoms with Crippen molar-refractivity contribution in [1.82, 2.24) is 20.4 Å². The fraction of sp³-hybridized carbons (Fsp3) is 0.481. The number of benzene rings is 1. The lowest BCUT2D eigenvalue weighted by atomic mass is 9.93. The van der Waals surface area contributed by atoms with Crippen molar-refractivity contribution in [2.24, 2.45) is 0 Å². The van der Waals surface area contributed by atoms with Crippen LogP contribution in [0.4, 0.5) is 0 Å². The molecule has 8 nitrogen and oxygen atoms in total. The minimum Gasteiger partial charge on any atom is -0.481 e. The number of amides is 1. The molecule has 0 saturated heterocycles. The SMILES string of the molecule is CCCN(C)Cc1sc(-c2nc(-c3cc(C)c(CCC(=O)NCCC(=O)O)c(CC)c3)no2)cc1C. The summed E-state index contributed by atoms with van der Waals surface area (Å²) in [6.45, 7) is 10.5. The van der Waals surface area contributed by atoms with Crippen LogP contribution in [0, 0.1) is 13.8 Å². The van der Waals surface area contributed by atoms with Gasteiger partial charge in [0.1, 0.15) is 0 Å². The van der Waals surface area contributed by atoms with E-state index in [1.807, 2.05) is 13.0 Å². The maximum absolute atomic E-state index is 12.1. The van der Waals surface area contributed by atoms with E-state index >= 15 is 0 Å². The monoisotopic (exact) mass is 512 g/mol. The molecule has 3 rings (SSSR count). The Morgan fingerprint density at radius 3 is 2.61 bits per heavy atom. The number of hydrogen-bond acceptors (Lipinski definition) is 7. The number of carboxylic acids is 1. The molecule has 0 saturated carbocycles. The average molecular weight is 513 g/mol. The molecule has 194 valence electrons. The molecular weight excluding hydrogens is 476 g/mol. The second-order valence-corrected chi connectivity index (χ2v) is 10.3. The Morgan fingerprint density at radius 2 is 1.92 bits per heavy atom. The first-order valence-corrected chi connectivity index (χ1v) is 13.3. The fourth-order valence-corrected chi connectivity index (χ4v) is 5.43. The van der Waals surface area contributed by atoms with Crippen molar-refractivity contribution in [2.45, 2.75) is 66.3 Å². The lowest BCUT2D eigenvalue weighted by Crippen LogP contribution is -2.26. The van der Waals surface area contributed by atoms with Crippen molar-refractivity contribution in [3.05, 3.63) is 45.3 Å². The molecule has 1 amide bonds. The number of aryl methyl sites for hydroxylation is 3. The van der Waals surface area contributed by atoms with Gasteiger partial charge in [-0.2, -0.15) is 4.98 Å². The summed E-state index contributed by atoms with van der Waals surface area (Å²) in [5.41, 5.74) is 5.47. The van der Waals surface area contributed by atoms with Gasteiger partial charge in [0.25, 0.3) is 5.89 Å². The van der Waals surface area contributed by atoms with Gasteiger partial charge in [-0.3, -0.25) is 9.59 Å². The van der Waals surface area contributed by atoms with E-state index in [1.165, 1.54) is 10.4 Å². The molecule has 2 N–H and O–H groups in total. The number of aromatic nitrogens is 2. The molecule has 0 atom stereocenters. The first-order valence-electron chi connectivity index (χ1n) is 12.4. The van der Waals surface area contributed by atoms with Gasteiger partial charge < -0.3 is 19.8 Å². The Bertz CT molecular complexity index is 1200. The molecule has 0 fully saturated rings. The highest BCUT2D eigenvalue weighted by Crippen LogP contribution is 2.33. The van der Waals surface area contributed by atoms with Crippen LogP contribution in [0.2, 0.25) is 0 Å². The van der Waals surface area contributed by atoms with Gasteiger partial charge in [-0.1, -0.05) is 19.0 Å². The molecule has 1 aromatic carbocycles. The van der Waals surface area contributed by atoms with Crippen molar-refractivity contribution >= 4 is 23.2 Å². The molecule has 9 heteroatoms. The first-order chi connectivity index (χ1) is 17.2. The van der Waals surface area contributed by atoms with Crippen molar-refractivity contribution in [1.29, 1.82) is 0 Å². The lowest BCUT2D eigenvalue weighted by Gasteiger charge is -2.14. The van der Waals surface area contributed by atoms with Crippen LogP contribution in [0.1, 0.15) is 60.2 Å². The minimum absolute atomic E-state index is 0.0748. The van der Waals surface area contributed by atoms with Crippen molar-refractivity contribution in [2.75, 3.05) is 20.1 Å². The highest BCUT2D eigenvalue weighted by Gasteiger charge is 2.18. The Labute approximate surface area is 216 Å². The van der Waals surface area contributed by atoms with Crippen LogP contribution in [-0.2, 0) is 29.0 Å². The van der Waals surface area contributed by atoms with E-state index in [9.17, 15) is 9.59 Å². The number of thiophene rings is 1. The fourth-order valence-electron chi connectivity index (χ4n) is 4.26. The third-order valence-corrected chi connectivity index (χ3v) is 7.35. The van der Waals surface area contributed by atoms with Gasteiger partial charge in [-0.25, -0.2) is 0 Å². The number of nitrogens with one attached hydrogen (secondary N) is 1. The number of carboxylic acid groups (broad SMARTS) is 1. The van der Waals surface area contributed by atoms with Crippen molar-refractivity contribution in [3.8, 4) is 22.2 Å². The second-order valence-electron chi connectivity index (χ2n) is 9.16. The number of carbonyl (C=O) groups excluding carboxylic acids is 1. The van der Waals surface area contributed by atoms with Gasteiger partial charge in [0.05, 0.1) is 11.3 Å². The van der Waals surface area contributed by atoms with Crippen LogP contribution in [0.3, 0.4) is 0 Å². The summed E-state index contributed by atoms with van der Waals surface area (Å²) in [6.07, 6.45) is 2.77. The average Bonchev–Trinajstić information content (AvgIpc) is 3.45. The maximum atomic E-state index is 12.1. The van der Waals surface area contributed by atoms with Gasteiger partial charge >= 0.3 is 5.97 Å². The zero-order valence-electron chi connectivity index (χ0n) is 21.8. The zero-order valence-corrected chi connectivity index (χ0v) is 22.6. The normalized spacial score (nSPS) is 11.3. The van der Waals surface area contributed by atoms with Crippen LogP contribution in [0.25, 0.3) is 22.2 Å². The molecule has 0 aliphatic carbocycles. The van der Waals surface area contributed by atoms with Gasteiger partial charge in [-0.05, 0) is 87.2 Å². The molecule has 0 radical (unpaired) electrons. The quantitative estimate of drug-likeness (QED) is 0.331. The summed E-state index contributed by atoms with van der Waals surface area (Å²) in [6, 6.07) is 6.23. The molecule has 36 heavy (non-hydrogen) atoms. The molecule has 3 aromatic rings. The van der Waals surface area contributed by atoms with E-state index in [-0.39, 0.29) is 18.9 Å². The van der Waals surface area contributed by atoms with E-state index in [1.54, 1.807) is 11.3 Å². The lowest BCUT2D eigenvalue weighted by molar-refractivity contribution is -0.136. The van der Waals surface area contributed by atoms with Gasteiger partial charge in [0.15, 0.2) is 0 Å². The number of nitrogens with zero attached hydrogens (tertiary/aromatic N) is 3. The van der Waals surface area contributed by atoms with E-state index in [2.05, 4.69) is 55.3 Å². The summed E-state index contributed by atoms with van der Waals surface area (Å²) in [5, 5.41) is 15.6. The predicted octanol–water partition coefficient (Wildman–Crippen LogP) is 5.01. The number of rotatable bonds is 13. The standard InChI is InChI=1S/C27H36N4O4S/c1-6-12-31(5)16-23-18(4)14-22(36-23)27-29-26(30-35-27)20-13-17(3)21(19(7-2)15-20)8-9-24(32)28-11-10-25(33)34/h13-15H,6-12,16H2,1-5H3,(H,28,32)(H,33,34). The van der Waals surface area contributed by atoms with Crippen molar-refractivity contribution in [3.63, 3.8) is 0 Å². The Balaban J connectivity index is 1.73. The summed E-state index contributed by atoms with van der Waals surface area (Å²) in [4.78, 5) is 32.0. The van der Waals surface area contributed by atoms with Crippen LogP contribution < -0.4 is 5.32 Å². The zero-order chi connectivity index (χ0) is 26.2. The van der Waals surface area contributed by atoms with E-state index in [0.717, 1.165) is 53.1 Å². The summed E-state index contributed by atoms with van der Waals surface area (Å²) >= 11 is 1.70. The molecular formula is C27H36N4O4S.